The molecule has 0 aromatic heterocycles. The summed E-state index contributed by atoms with van der Waals surface area (Å²) in [6.45, 7) is 5.25. The number of hydrogen-bond donors (Lipinski definition) is 1. The number of benzene rings is 4. The highest BCUT2D eigenvalue weighted by atomic mass is 16.7. The van der Waals surface area contributed by atoms with Crippen molar-refractivity contribution in [3.05, 3.63) is 138 Å². The van der Waals surface area contributed by atoms with Crippen LogP contribution in [-0.4, -0.2) is 47.2 Å². The van der Waals surface area contributed by atoms with Crippen LogP contribution in [0.25, 0.3) is 0 Å². The van der Waals surface area contributed by atoms with E-state index in [0.717, 1.165) is 16.7 Å². The number of rotatable bonds is 10. The third kappa shape index (κ3) is 8.76. The molecule has 5 rings (SSSR count). The maximum absolute atomic E-state index is 14.1. The van der Waals surface area contributed by atoms with Crippen LogP contribution in [0.4, 0.5) is 9.59 Å². The van der Waals surface area contributed by atoms with E-state index in [1.54, 1.807) is 32.9 Å². The highest BCUT2D eigenvalue weighted by molar-refractivity contribution is 5.95. The summed E-state index contributed by atoms with van der Waals surface area (Å²) in [7, 11) is 0. The van der Waals surface area contributed by atoms with Crippen molar-refractivity contribution in [2.24, 2.45) is 0 Å². The third-order valence-corrected chi connectivity index (χ3v) is 7.23. The van der Waals surface area contributed by atoms with E-state index in [0.29, 0.717) is 5.56 Å². The fourth-order valence-electron chi connectivity index (χ4n) is 4.99. The lowest BCUT2D eigenvalue weighted by molar-refractivity contribution is -0.165. The molecule has 10 nitrogen and oxygen atoms in total. The van der Waals surface area contributed by atoms with Gasteiger partial charge in [-0.1, -0.05) is 103 Å². The van der Waals surface area contributed by atoms with Crippen molar-refractivity contribution in [1.29, 1.82) is 0 Å². The number of likely N-dealkylation sites (tertiary alicyclic amines) is 1. The molecule has 2 atom stereocenters. The lowest BCUT2D eigenvalue weighted by Crippen LogP contribution is -2.65. The van der Waals surface area contributed by atoms with E-state index < -0.39 is 47.9 Å². The fourth-order valence-corrected chi connectivity index (χ4v) is 4.99. The Bertz CT molecular complexity index is 1630. The molecule has 0 aliphatic carbocycles. The normalized spacial score (nSPS) is 14.9. The van der Waals surface area contributed by atoms with Gasteiger partial charge in [0.15, 0.2) is 12.1 Å². The minimum Gasteiger partial charge on any atom is -0.451 e. The molecule has 1 aliphatic rings. The van der Waals surface area contributed by atoms with E-state index in [9.17, 15) is 19.2 Å². The van der Waals surface area contributed by atoms with Crippen molar-refractivity contribution >= 4 is 24.1 Å². The average Bonchev–Trinajstić information content (AvgIpc) is 3.06. The Labute approximate surface area is 273 Å². The predicted octanol–water partition coefficient (Wildman–Crippen LogP) is 6.51. The molecule has 0 saturated carbocycles. The highest BCUT2D eigenvalue weighted by Crippen LogP contribution is 2.34. The Hall–Kier alpha value is -5.64. The Balaban J connectivity index is 1.35. The molecule has 1 N–H and O–H groups in total. The molecule has 0 unspecified atom stereocenters. The maximum Gasteiger partial charge on any atom is 0.514 e. The third-order valence-electron chi connectivity index (χ3n) is 7.23. The minimum absolute atomic E-state index is 0.0382. The van der Waals surface area contributed by atoms with Gasteiger partial charge in [-0.2, -0.15) is 0 Å². The topological polar surface area (TPSA) is 120 Å². The van der Waals surface area contributed by atoms with Gasteiger partial charge in [-0.3, -0.25) is 4.79 Å². The second-order valence-corrected chi connectivity index (χ2v) is 11.9. The summed E-state index contributed by atoms with van der Waals surface area (Å²) in [4.78, 5) is 53.5. The second-order valence-electron chi connectivity index (χ2n) is 11.9. The maximum atomic E-state index is 14.1. The Morgan fingerprint density at radius 1 is 0.787 bits per heavy atom. The van der Waals surface area contributed by atoms with Gasteiger partial charge in [0, 0.05) is 0 Å². The summed E-state index contributed by atoms with van der Waals surface area (Å²) >= 11 is 0. The molecule has 0 spiro atoms. The molecule has 47 heavy (non-hydrogen) atoms. The number of amides is 2. The number of carbonyl (C=O) groups excluding carboxylic acids is 4. The first-order valence-electron chi connectivity index (χ1n) is 15.2. The summed E-state index contributed by atoms with van der Waals surface area (Å²) in [5, 5.41) is 2.58. The predicted molar refractivity (Wildman–Crippen MR) is 172 cm³/mol. The number of nitrogens with one attached hydrogen (secondary N) is 1. The number of β-lactam (4-membered cyclic amide) rings is 1. The molecule has 0 bridgehead atoms. The summed E-state index contributed by atoms with van der Waals surface area (Å²) in [6, 6.07) is 31.9. The van der Waals surface area contributed by atoms with Crippen molar-refractivity contribution in [1.82, 2.24) is 10.2 Å². The quantitative estimate of drug-likeness (QED) is 0.0905. The van der Waals surface area contributed by atoms with Gasteiger partial charge in [-0.05, 0) is 55.2 Å². The van der Waals surface area contributed by atoms with Gasteiger partial charge < -0.3 is 29.2 Å². The van der Waals surface area contributed by atoms with Gasteiger partial charge in [-0.15, -0.1) is 0 Å². The van der Waals surface area contributed by atoms with E-state index in [-0.39, 0.29) is 18.9 Å². The Morgan fingerprint density at radius 2 is 1.34 bits per heavy atom. The lowest BCUT2D eigenvalue weighted by atomic mass is 9.97. The van der Waals surface area contributed by atoms with E-state index in [4.69, 9.17) is 18.9 Å². The summed E-state index contributed by atoms with van der Waals surface area (Å²) < 4.78 is 21.9. The van der Waals surface area contributed by atoms with Crippen molar-refractivity contribution in [2.75, 3.05) is 6.54 Å². The van der Waals surface area contributed by atoms with E-state index in [1.165, 1.54) is 17.0 Å². The van der Waals surface area contributed by atoms with E-state index in [1.807, 2.05) is 91.0 Å². The van der Waals surface area contributed by atoms with Gasteiger partial charge in [0.2, 0.25) is 5.91 Å². The van der Waals surface area contributed by atoms with Crippen LogP contribution in [0.2, 0.25) is 0 Å². The van der Waals surface area contributed by atoms with Crippen LogP contribution < -0.4 is 10.1 Å². The monoisotopic (exact) mass is 636 g/mol. The smallest absolute Gasteiger partial charge is 0.451 e. The number of alkyl carbamates (subject to hydrolysis) is 1. The first-order valence-corrected chi connectivity index (χ1v) is 15.2. The van der Waals surface area contributed by atoms with Gasteiger partial charge >= 0.3 is 18.2 Å². The zero-order valence-corrected chi connectivity index (χ0v) is 26.3. The van der Waals surface area contributed by atoms with Gasteiger partial charge in [0.05, 0.1) is 6.54 Å². The molecule has 4 aromatic carbocycles. The SMILES string of the molecule is CC(C)(C)OC(=O)Oc1ccc([C@H](C(=O)OC(c2ccccc2)c2ccccc2)N2C[C@H](NC(=O)OCc3ccccc3)C2=O)cc1. The van der Waals surface area contributed by atoms with Crippen LogP contribution in [0, 0.1) is 0 Å². The van der Waals surface area contributed by atoms with Crippen LogP contribution in [0.15, 0.2) is 115 Å². The minimum atomic E-state index is -1.16. The van der Waals surface area contributed by atoms with Gasteiger partial charge in [-0.25, -0.2) is 14.4 Å². The standard InChI is InChI=1S/C37H36N2O8/c1-37(2,3)47-36(43)45-29-21-19-26(20-22-29)31(34(41)46-32(27-15-9-5-10-16-27)28-17-11-6-12-18-28)39-23-30(33(39)40)38-35(42)44-24-25-13-7-4-8-14-25/h4-22,30-32H,23-24H2,1-3H3,(H,38,42)/t30-,31+/m0/s1. The molecule has 2 amide bonds. The number of ether oxygens (including phenoxy) is 4. The molecule has 0 radical (unpaired) electrons. The van der Waals surface area contributed by atoms with Crippen LogP contribution >= 0.6 is 0 Å². The van der Waals surface area contributed by atoms with Crippen LogP contribution in [0.3, 0.4) is 0 Å². The molecule has 10 heteroatoms. The molecule has 242 valence electrons. The fraction of sp³-hybridized carbons (Fsp3) is 0.243. The summed E-state index contributed by atoms with van der Waals surface area (Å²) in [5.74, 6) is -0.965. The molecule has 1 aliphatic heterocycles. The summed E-state index contributed by atoms with van der Waals surface area (Å²) in [6.07, 6.45) is -2.37. The van der Waals surface area contributed by atoms with Crippen molar-refractivity contribution < 1.29 is 38.1 Å². The summed E-state index contributed by atoms with van der Waals surface area (Å²) in [5.41, 5.74) is 1.99. The van der Waals surface area contributed by atoms with Crippen LogP contribution in [0.1, 0.15) is 55.2 Å². The Morgan fingerprint density at radius 3 is 1.87 bits per heavy atom. The Kier molecular flexibility index (Phi) is 10.2. The molecular weight excluding hydrogens is 600 g/mol. The number of carbonyl (C=O) groups is 4. The molecular formula is C37H36N2O8. The number of nitrogens with zero attached hydrogens (tertiary/aromatic N) is 1. The van der Waals surface area contributed by atoms with Crippen LogP contribution in [0.5, 0.6) is 5.75 Å². The van der Waals surface area contributed by atoms with Gasteiger partial charge in [0.1, 0.15) is 24.0 Å². The van der Waals surface area contributed by atoms with Crippen molar-refractivity contribution in [2.45, 2.75) is 51.2 Å². The first kappa shape index (κ1) is 32.7. The van der Waals surface area contributed by atoms with Crippen molar-refractivity contribution in [3.8, 4) is 5.75 Å². The second kappa shape index (κ2) is 14.6. The lowest BCUT2D eigenvalue weighted by Gasteiger charge is -2.42. The highest BCUT2D eigenvalue weighted by Gasteiger charge is 2.46. The zero-order valence-electron chi connectivity index (χ0n) is 26.3. The molecule has 1 saturated heterocycles. The largest absolute Gasteiger partial charge is 0.514 e. The molecule has 4 aromatic rings. The van der Waals surface area contributed by atoms with E-state index in [2.05, 4.69) is 5.32 Å². The number of hydrogen-bond acceptors (Lipinski definition) is 8. The average molecular weight is 637 g/mol. The number of esters is 1. The molecule has 1 heterocycles. The van der Waals surface area contributed by atoms with Gasteiger partial charge in [0.25, 0.3) is 0 Å². The van der Waals surface area contributed by atoms with E-state index >= 15 is 0 Å². The molecule has 1 fully saturated rings. The zero-order chi connectivity index (χ0) is 33.4. The van der Waals surface area contributed by atoms with Crippen LogP contribution in [-0.2, 0) is 30.4 Å². The van der Waals surface area contributed by atoms with Crippen molar-refractivity contribution in [3.63, 3.8) is 0 Å². The first-order chi connectivity index (χ1) is 22.6.